The largest absolute Gasteiger partial charge is 0.347 e. The molecule has 106 valence electrons. The van der Waals surface area contributed by atoms with Gasteiger partial charge < -0.3 is 4.90 Å². The Balaban J connectivity index is 1.76. The van der Waals surface area contributed by atoms with E-state index in [-0.39, 0.29) is 5.82 Å². The van der Waals surface area contributed by atoms with E-state index in [1.807, 2.05) is 30.8 Å². The standard InChI is InChI=1S/C16H14FN3S/c1-20(10-12-3-2-8-18-9-12)16-19-15(11-21-16)13-4-6-14(17)7-5-13/h2-9,11H,10H2,1H3. The van der Waals surface area contributed by atoms with E-state index in [0.29, 0.717) is 0 Å². The zero-order valence-electron chi connectivity index (χ0n) is 11.5. The van der Waals surface area contributed by atoms with Gasteiger partial charge in [-0.3, -0.25) is 4.98 Å². The Kier molecular flexibility index (Phi) is 3.92. The van der Waals surface area contributed by atoms with E-state index in [1.165, 1.54) is 12.1 Å². The highest BCUT2D eigenvalue weighted by molar-refractivity contribution is 7.14. The zero-order chi connectivity index (χ0) is 14.7. The maximum Gasteiger partial charge on any atom is 0.185 e. The predicted molar refractivity (Wildman–Crippen MR) is 83.9 cm³/mol. The summed E-state index contributed by atoms with van der Waals surface area (Å²) in [5.74, 6) is -0.233. The van der Waals surface area contributed by atoms with Crippen molar-refractivity contribution in [1.82, 2.24) is 9.97 Å². The third-order valence-corrected chi connectivity index (χ3v) is 4.06. The fraction of sp³-hybridized carbons (Fsp3) is 0.125. The van der Waals surface area contributed by atoms with Crippen LogP contribution in [0.25, 0.3) is 11.3 Å². The molecule has 0 aliphatic carbocycles. The number of benzene rings is 1. The number of anilines is 1. The number of pyridine rings is 1. The average molecular weight is 299 g/mol. The van der Waals surface area contributed by atoms with Crippen molar-refractivity contribution in [2.45, 2.75) is 6.54 Å². The van der Waals surface area contributed by atoms with Crippen molar-refractivity contribution >= 4 is 16.5 Å². The van der Waals surface area contributed by atoms with Gasteiger partial charge in [0.1, 0.15) is 5.82 Å². The Bertz CT molecular complexity index is 710. The molecule has 0 bridgehead atoms. The van der Waals surface area contributed by atoms with Crippen LogP contribution in [0.2, 0.25) is 0 Å². The van der Waals surface area contributed by atoms with Crippen molar-refractivity contribution in [2.24, 2.45) is 0 Å². The second kappa shape index (κ2) is 6.01. The Labute approximate surface area is 126 Å². The number of rotatable bonds is 4. The van der Waals surface area contributed by atoms with Crippen LogP contribution in [0, 0.1) is 5.82 Å². The summed E-state index contributed by atoms with van der Waals surface area (Å²) in [6.45, 7) is 0.754. The number of hydrogen-bond donors (Lipinski definition) is 0. The fourth-order valence-corrected chi connectivity index (χ4v) is 2.83. The highest BCUT2D eigenvalue weighted by atomic mass is 32.1. The van der Waals surface area contributed by atoms with Crippen molar-refractivity contribution in [2.75, 3.05) is 11.9 Å². The van der Waals surface area contributed by atoms with Crippen LogP contribution in [-0.2, 0) is 6.54 Å². The van der Waals surface area contributed by atoms with E-state index in [2.05, 4.69) is 14.9 Å². The molecule has 3 rings (SSSR count). The Hall–Kier alpha value is -2.27. The lowest BCUT2D eigenvalue weighted by molar-refractivity contribution is 0.628. The molecule has 3 nitrogen and oxygen atoms in total. The topological polar surface area (TPSA) is 29.0 Å². The molecule has 0 atom stereocenters. The minimum absolute atomic E-state index is 0.233. The summed E-state index contributed by atoms with van der Waals surface area (Å²) in [5, 5.41) is 2.92. The highest BCUT2D eigenvalue weighted by Gasteiger charge is 2.09. The quantitative estimate of drug-likeness (QED) is 0.729. The molecule has 0 aliphatic heterocycles. The first-order valence-corrected chi connectivity index (χ1v) is 7.42. The van der Waals surface area contributed by atoms with Crippen LogP contribution < -0.4 is 4.90 Å². The summed E-state index contributed by atoms with van der Waals surface area (Å²) >= 11 is 1.58. The van der Waals surface area contributed by atoms with Gasteiger partial charge in [0.25, 0.3) is 0 Å². The van der Waals surface area contributed by atoms with Crippen LogP contribution in [0.3, 0.4) is 0 Å². The fourth-order valence-electron chi connectivity index (χ4n) is 2.03. The first-order valence-electron chi connectivity index (χ1n) is 6.54. The molecule has 0 fully saturated rings. The van der Waals surface area contributed by atoms with Crippen LogP contribution in [0.5, 0.6) is 0 Å². The molecule has 0 aliphatic rings. The molecule has 0 N–H and O–H groups in total. The average Bonchev–Trinajstić information content (AvgIpc) is 2.99. The van der Waals surface area contributed by atoms with Crippen molar-refractivity contribution in [1.29, 1.82) is 0 Å². The number of nitrogens with zero attached hydrogens (tertiary/aromatic N) is 3. The van der Waals surface area contributed by atoms with Gasteiger partial charge in [0.2, 0.25) is 0 Å². The minimum atomic E-state index is -0.233. The van der Waals surface area contributed by atoms with Crippen molar-refractivity contribution in [3.63, 3.8) is 0 Å². The molecule has 21 heavy (non-hydrogen) atoms. The van der Waals surface area contributed by atoms with Gasteiger partial charge in [-0.2, -0.15) is 0 Å². The minimum Gasteiger partial charge on any atom is -0.347 e. The molecule has 0 spiro atoms. The monoisotopic (exact) mass is 299 g/mol. The maximum absolute atomic E-state index is 12.9. The molecule has 0 radical (unpaired) electrons. The third-order valence-electron chi connectivity index (χ3n) is 3.10. The van der Waals surface area contributed by atoms with Crippen LogP contribution in [-0.4, -0.2) is 17.0 Å². The van der Waals surface area contributed by atoms with Crippen LogP contribution >= 0.6 is 11.3 Å². The van der Waals surface area contributed by atoms with Crippen LogP contribution in [0.1, 0.15) is 5.56 Å². The van der Waals surface area contributed by atoms with Crippen molar-refractivity contribution in [3.8, 4) is 11.3 Å². The van der Waals surface area contributed by atoms with Crippen LogP contribution in [0.4, 0.5) is 9.52 Å². The predicted octanol–water partition coefficient (Wildman–Crippen LogP) is 3.98. The zero-order valence-corrected chi connectivity index (χ0v) is 12.3. The lowest BCUT2D eigenvalue weighted by Gasteiger charge is -2.15. The summed E-state index contributed by atoms with van der Waals surface area (Å²) in [7, 11) is 2.00. The van der Waals surface area contributed by atoms with E-state index in [1.54, 1.807) is 29.7 Å². The molecule has 3 aromatic rings. The molecule has 0 amide bonds. The molecule has 2 heterocycles. The summed E-state index contributed by atoms with van der Waals surface area (Å²) in [6.07, 6.45) is 3.62. The van der Waals surface area contributed by atoms with Gasteiger partial charge >= 0.3 is 0 Å². The summed E-state index contributed by atoms with van der Waals surface area (Å²) in [5.41, 5.74) is 2.93. The van der Waals surface area contributed by atoms with E-state index in [4.69, 9.17) is 0 Å². The van der Waals surface area contributed by atoms with Crippen LogP contribution in [0.15, 0.2) is 54.2 Å². The maximum atomic E-state index is 12.9. The molecule has 0 saturated carbocycles. The van der Waals surface area contributed by atoms with Crippen molar-refractivity contribution in [3.05, 3.63) is 65.6 Å². The summed E-state index contributed by atoms with van der Waals surface area (Å²) in [4.78, 5) is 10.8. The Morgan fingerprint density at radius 1 is 1.19 bits per heavy atom. The SMILES string of the molecule is CN(Cc1cccnc1)c1nc(-c2ccc(F)cc2)cs1. The van der Waals surface area contributed by atoms with Gasteiger partial charge in [-0.15, -0.1) is 11.3 Å². The van der Waals surface area contributed by atoms with Gasteiger partial charge in [-0.05, 0) is 35.9 Å². The highest BCUT2D eigenvalue weighted by Crippen LogP contribution is 2.27. The Morgan fingerprint density at radius 2 is 2.00 bits per heavy atom. The van der Waals surface area contributed by atoms with Gasteiger partial charge in [0.05, 0.1) is 5.69 Å². The second-order valence-electron chi connectivity index (χ2n) is 4.74. The van der Waals surface area contributed by atoms with E-state index < -0.39 is 0 Å². The lowest BCUT2D eigenvalue weighted by atomic mass is 10.2. The molecule has 1 aromatic carbocycles. The summed E-state index contributed by atoms with van der Waals surface area (Å²) < 4.78 is 12.9. The van der Waals surface area contributed by atoms with Gasteiger partial charge in [-0.1, -0.05) is 6.07 Å². The van der Waals surface area contributed by atoms with Gasteiger partial charge in [0, 0.05) is 36.9 Å². The van der Waals surface area contributed by atoms with E-state index in [0.717, 1.165) is 28.5 Å². The normalized spacial score (nSPS) is 10.6. The molecule has 0 unspecified atom stereocenters. The number of aromatic nitrogens is 2. The molecular weight excluding hydrogens is 285 g/mol. The lowest BCUT2D eigenvalue weighted by Crippen LogP contribution is -2.16. The molecular formula is C16H14FN3S. The van der Waals surface area contributed by atoms with Gasteiger partial charge in [0.15, 0.2) is 5.13 Å². The third kappa shape index (κ3) is 3.25. The number of halogens is 1. The van der Waals surface area contributed by atoms with E-state index >= 15 is 0 Å². The Morgan fingerprint density at radius 3 is 2.71 bits per heavy atom. The smallest absolute Gasteiger partial charge is 0.185 e. The first-order chi connectivity index (χ1) is 10.2. The molecule has 2 aromatic heterocycles. The van der Waals surface area contributed by atoms with Gasteiger partial charge in [-0.25, -0.2) is 9.37 Å². The number of hydrogen-bond acceptors (Lipinski definition) is 4. The second-order valence-corrected chi connectivity index (χ2v) is 5.58. The molecule has 0 saturated heterocycles. The molecule has 5 heteroatoms. The number of thiazole rings is 1. The summed E-state index contributed by atoms with van der Waals surface area (Å²) in [6, 6.07) is 10.4. The first kappa shape index (κ1) is 13.7. The van der Waals surface area contributed by atoms with Crippen molar-refractivity contribution < 1.29 is 4.39 Å². The van der Waals surface area contributed by atoms with E-state index in [9.17, 15) is 4.39 Å².